The maximum absolute atomic E-state index is 12.6. The number of carbonyl (C=O) groups excluding carboxylic acids is 1. The molecule has 2 atom stereocenters. The first-order valence-corrected chi connectivity index (χ1v) is 9.78. The first-order chi connectivity index (χ1) is 12.7. The number of halogens is 1. The van der Waals surface area contributed by atoms with Crippen LogP contribution in [0, 0.1) is 0 Å². The van der Waals surface area contributed by atoms with E-state index in [2.05, 4.69) is 46.9 Å². The molecule has 1 amide bonds. The molecule has 27 heavy (non-hydrogen) atoms. The van der Waals surface area contributed by atoms with Gasteiger partial charge in [-0.05, 0) is 55.8 Å². The van der Waals surface area contributed by atoms with Crippen LogP contribution in [0.25, 0.3) is 0 Å². The molecule has 0 saturated carbocycles. The van der Waals surface area contributed by atoms with Gasteiger partial charge in [-0.2, -0.15) is 5.10 Å². The zero-order chi connectivity index (χ0) is 18.0. The summed E-state index contributed by atoms with van der Waals surface area (Å²) in [7, 11) is 0. The molecule has 1 fully saturated rings. The molecule has 146 valence electrons. The van der Waals surface area contributed by atoms with Crippen LogP contribution in [0.3, 0.4) is 0 Å². The van der Waals surface area contributed by atoms with E-state index in [0.717, 1.165) is 38.8 Å². The molecule has 2 unspecified atom stereocenters. The number of hydrogen-bond donors (Lipinski definition) is 2. The van der Waals surface area contributed by atoms with Gasteiger partial charge in [-0.25, -0.2) is 0 Å². The van der Waals surface area contributed by atoms with E-state index in [9.17, 15) is 4.79 Å². The monoisotopic (exact) mass is 388 g/mol. The number of aromatic nitrogens is 2. The third-order valence-electron chi connectivity index (χ3n) is 5.97. The summed E-state index contributed by atoms with van der Waals surface area (Å²) in [5.41, 5.74) is 3.32. The summed E-state index contributed by atoms with van der Waals surface area (Å²) in [6, 6.07) is 10.8. The molecule has 1 aliphatic heterocycles. The lowest BCUT2D eigenvalue weighted by Crippen LogP contribution is -2.41. The number of fused-ring (bicyclic) bond motifs is 1. The van der Waals surface area contributed by atoms with E-state index in [1.807, 2.05) is 16.9 Å². The Bertz CT molecular complexity index is 784. The van der Waals surface area contributed by atoms with Crippen molar-refractivity contribution in [3.8, 4) is 0 Å². The molecule has 2 aliphatic rings. The largest absolute Gasteiger partial charge is 0.350 e. The molecule has 2 N–H and O–H groups in total. The number of carbonyl (C=O) groups is 1. The van der Waals surface area contributed by atoms with Crippen molar-refractivity contribution in [1.29, 1.82) is 0 Å². The van der Waals surface area contributed by atoms with Gasteiger partial charge in [-0.1, -0.05) is 31.2 Å². The zero-order valence-corrected chi connectivity index (χ0v) is 16.7. The van der Waals surface area contributed by atoms with Gasteiger partial charge >= 0.3 is 0 Å². The molecule has 1 aromatic heterocycles. The van der Waals surface area contributed by atoms with Crippen LogP contribution in [0.5, 0.6) is 0 Å². The van der Waals surface area contributed by atoms with E-state index < -0.39 is 0 Å². The first-order valence-electron chi connectivity index (χ1n) is 9.78. The molecule has 0 spiro atoms. The SMILES string of the molecule is CC1(CNC(=O)c2ccn(C3CCCNC3)n2)CCCc2ccccc21.Cl. The highest BCUT2D eigenvalue weighted by Gasteiger charge is 2.32. The van der Waals surface area contributed by atoms with Crippen LogP contribution in [-0.2, 0) is 11.8 Å². The van der Waals surface area contributed by atoms with Crippen LogP contribution in [-0.4, -0.2) is 35.3 Å². The van der Waals surface area contributed by atoms with Gasteiger partial charge in [0.1, 0.15) is 5.69 Å². The number of nitrogens with one attached hydrogen (secondary N) is 2. The zero-order valence-electron chi connectivity index (χ0n) is 15.9. The Hall–Kier alpha value is -1.85. The van der Waals surface area contributed by atoms with Crippen molar-refractivity contribution in [2.24, 2.45) is 0 Å². The van der Waals surface area contributed by atoms with Crippen LogP contribution >= 0.6 is 12.4 Å². The molecular formula is C21H29ClN4O. The van der Waals surface area contributed by atoms with E-state index in [1.165, 1.54) is 17.5 Å². The number of rotatable bonds is 4. The molecule has 0 bridgehead atoms. The van der Waals surface area contributed by atoms with Crippen molar-refractivity contribution in [3.63, 3.8) is 0 Å². The lowest BCUT2D eigenvalue weighted by molar-refractivity contribution is 0.0936. The second-order valence-corrected chi connectivity index (χ2v) is 7.94. The van der Waals surface area contributed by atoms with Crippen LogP contribution in [0.2, 0.25) is 0 Å². The van der Waals surface area contributed by atoms with Crippen LogP contribution in [0.1, 0.15) is 60.3 Å². The molecule has 2 aromatic rings. The fourth-order valence-corrected chi connectivity index (χ4v) is 4.40. The maximum atomic E-state index is 12.6. The fraction of sp³-hybridized carbons (Fsp3) is 0.524. The number of amides is 1. The molecule has 1 aromatic carbocycles. The van der Waals surface area contributed by atoms with Crippen molar-refractivity contribution >= 4 is 18.3 Å². The Morgan fingerprint density at radius 1 is 1.33 bits per heavy atom. The van der Waals surface area contributed by atoms with E-state index in [-0.39, 0.29) is 23.7 Å². The molecule has 1 aliphatic carbocycles. The fourth-order valence-electron chi connectivity index (χ4n) is 4.40. The van der Waals surface area contributed by atoms with Crippen molar-refractivity contribution in [2.75, 3.05) is 19.6 Å². The Kier molecular flexibility index (Phi) is 6.22. The molecular weight excluding hydrogens is 360 g/mol. The van der Waals surface area contributed by atoms with E-state index in [1.54, 1.807) is 0 Å². The number of piperidine rings is 1. The van der Waals surface area contributed by atoms with Gasteiger partial charge < -0.3 is 10.6 Å². The second-order valence-electron chi connectivity index (χ2n) is 7.94. The minimum Gasteiger partial charge on any atom is -0.350 e. The van der Waals surface area contributed by atoms with E-state index >= 15 is 0 Å². The van der Waals surface area contributed by atoms with Crippen molar-refractivity contribution in [3.05, 3.63) is 53.3 Å². The molecule has 4 rings (SSSR count). The van der Waals surface area contributed by atoms with Crippen LogP contribution < -0.4 is 10.6 Å². The maximum Gasteiger partial charge on any atom is 0.271 e. The van der Waals surface area contributed by atoms with E-state index in [4.69, 9.17) is 0 Å². The average molecular weight is 389 g/mol. The highest BCUT2D eigenvalue weighted by atomic mass is 35.5. The van der Waals surface area contributed by atoms with Crippen LogP contribution in [0.15, 0.2) is 36.5 Å². The Balaban J connectivity index is 0.00000210. The van der Waals surface area contributed by atoms with Gasteiger partial charge in [-0.15, -0.1) is 12.4 Å². The molecule has 2 heterocycles. The predicted octanol–water partition coefficient (Wildman–Crippen LogP) is 3.25. The van der Waals surface area contributed by atoms with Gasteiger partial charge in [0, 0.05) is 24.7 Å². The normalized spacial score (nSPS) is 24.6. The summed E-state index contributed by atoms with van der Waals surface area (Å²) in [6.07, 6.45) is 7.62. The lowest BCUT2D eigenvalue weighted by atomic mass is 9.71. The highest BCUT2D eigenvalue weighted by Crippen LogP contribution is 2.36. The van der Waals surface area contributed by atoms with Gasteiger partial charge in [0.15, 0.2) is 0 Å². The van der Waals surface area contributed by atoms with Crippen LogP contribution in [0.4, 0.5) is 0 Å². The van der Waals surface area contributed by atoms with Gasteiger partial charge in [0.25, 0.3) is 5.91 Å². The summed E-state index contributed by atoms with van der Waals surface area (Å²) < 4.78 is 1.94. The van der Waals surface area contributed by atoms with Crippen molar-refractivity contribution < 1.29 is 4.79 Å². The van der Waals surface area contributed by atoms with Gasteiger partial charge in [-0.3, -0.25) is 9.48 Å². The average Bonchev–Trinajstić information content (AvgIpc) is 3.18. The number of aryl methyl sites for hydroxylation is 1. The van der Waals surface area contributed by atoms with Gasteiger partial charge in [0.05, 0.1) is 6.04 Å². The first kappa shape index (κ1) is 19.9. The van der Waals surface area contributed by atoms with Crippen molar-refractivity contribution in [1.82, 2.24) is 20.4 Å². The summed E-state index contributed by atoms with van der Waals surface area (Å²) in [6.45, 7) is 4.92. The van der Waals surface area contributed by atoms with Crippen molar-refractivity contribution in [2.45, 2.75) is 50.5 Å². The summed E-state index contributed by atoms with van der Waals surface area (Å²) in [4.78, 5) is 12.6. The highest BCUT2D eigenvalue weighted by molar-refractivity contribution is 5.92. The lowest BCUT2D eigenvalue weighted by Gasteiger charge is -2.36. The number of nitrogens with zero attached hydrogens (tertiary/aromatic N) is 2. The summed E-state index contributed by atoms with van der Waals surface area (Å²) >= 11 is 0. The third-order valence-corrected chi connectivity index (χ3v) is 5.97. The smallest absolute Gasteiger partial charge is 0.271 e. The summed E-state index contributed by atoms with van der Waals surface area (Å²) in [5, 5.41) is 11.1. The quantitative estimate of drug-likeness (QED) is 0.845. The summed E-state index contributed by atoms with van der Waals surface area (Å²) in [5.74, 6) is -0.0724. The molecule has 0 radical (unpaired) electrons. The molecule has 5 nitrogen and oxygen atoms in total. The minimum atomic E-state index is -0.0724. The number of hydrogen-bond acceptors (Lipinski definition) is 3. The Morgan fingerprint density at radius 2 is 2.19 bits per heavy atom. The second kappa shape index (κ2) is 8.44. The Labute approximate surface area is 167 Å². The third kappa shape index (κ3) is 4.19. The minimum absolute atomic E-state index is 0. The molecule has 6 heteroatoms. The molecule has 1 saturated heterocycles. The number of benzene rings is 1. The Morgan fingerprint density at radius 3 is 3.00 bits per heavy atom. The predicted molar refractivity (Wildman–Crippen MR) is 110 cm³/mol. The van der Waals surface area contributed by atoms with E-state index in [0.29, 0.717) is 18.3 Å². The topological polar surface area (TPSA) is 59.0 Å². The van der Waals surface area contributed by atoms with Gasteiger partial charge in [0.2, 0.25) is 0 Å². The standard InChI is InChI=1S/C21H28N4O.ClH/c1-21(11-4-7-16-6-2-3-9-18(16)21)15-23-20(26)19-10-13-25(24-19)17-8-5-12-22-14-17;/h2-3,6,9-10,13,17,22H,4-5,7-8,11-12,14-15H2,1H3,(H,23,26);1H.